The van der Waals surface area contributed by atoms with E-state index < -0.39 is 0 Å². The Hall–Kier alpha value is -0.220. The molecule has 1 rings (SSSR count). The molecule has 0 saturated carbocycles. The molecule has 2 atom stereocenters. The Balaban J connectivity index is 2.48. The lowest BCUT2D eigenvalue weighted by molar-refractivity contribution is -0.130. The van der Waals surface area contributed by atoms with Crippen LogP contribution in [0.25, 0.3) is 0 Å². The normalized spacial score (nSPS) is 26.2. The summed E-state index contributed by atoms with van der Waals surface area (Å²) in [4.78, 5) is 13.5. The van der Waals surface area contributed by atoms with E-state index in [1.165, 1.54) is 0 Å². The first-order valence-electron chi connectivity index (χ1n) is 4.69. The third-order valence-electron chi connectivity index (χ3n) is 2.40. The van der Waals surface area contributed by atoms with Crippen LogP contribution in [-0.2, 0) is 4.79 Å². The van der Waals surface area contributed by atoms with Crippen LogP contribution < -0.4 is 5.32 Å². The van der Waals surface area contributed by atoms with Crippen LogP contribution in [0.4, 0.5) is 0 Å². The lowest BCUT2D eigenvalue weighted by Crippen LogP contribution is -2.49. The molecule has 1 fully saturated rings. The number of carbonyl (C=O) groups is 1. The fourth-order valence-corrected chi connectivity index (χ4v) is 2.38. The van der Waals surface area contributed by atoms with Crippen LogP contribution in [-0.4, -0.2) is 48.0 Å². The quantitative estimate of drug-likeness (QED) is 0.726. The zero-order valence-electron chi connectivity index (χ0n) is 8.54. The van der Waals surface area contributed by atoms with Gasteiger partial charge in [0.25, 0.3) is 0 Å². The number of hydrogen-bond donors (Lipinski definition) is 1. The summed E-state index contributed by atoms with van der Waals surface area (Å²) in [6.07, 6.45) is 0. The summed E-state index contributed by atoms with van der Waals surface area (Å²) in [6, 6.07) is 0.775. The van der Waals surface area contributed by atoms with Gasteiger partial charge in [0.15, 0.2) is 0 Å². The fourth-order valence-electron chi connectivity index (χ4n) is 1.40. The van der Waals surface area contributed by atoms with E-state index in [9.17, 15) is 4.79 Å². The molecule has 0 bridgehead atoms. The third-order valence-corrected chi connectivity index (χ3v) is 3.57. The molecule has 0 aliphatic carbocycles. The van der Waals surface area contributed by atoms with Gasteiger partial charge in [0.05, 0.1) is 5.75 Å². The maximum atomic E-state index is 11.5. The molecule has 2 unspecified atom stereocenters. The first-order chi connectivity index (χ1) is 6.15. The average Bonchev–Trinajstić information content (AvgIpc) is 2.11. The zero-order valence-corrected chi connectivity index (χ0v) is 9.36. The Morgan fingerprint density at radius 2 is 2.46 bits per heavy atom. The van der Waals surface area contributed by atoms with Crippen molar-refractivity contribution in [3.05, 3.63) is 0 Å². The monoisotopic (exact) mass is 202 g/mol. The highest BCUT2D eigenvalue weighted by Crippen LogP contribution is 2.17. The molecule has 0 aromatic rings. The highest BCUT2D eigenvalue weighted by molar-refractivity contribution is 8.00. The number of nitrogens with zero attached hydrogens (tertiary/aromatic N) is 1. The van der Waals surface area contributed by atoms with Gasteiger partial charge in [-0.25, -0.2) is 0 Å². The number of carbonyl (C=O) groups excluding carboxylic acids is 1. The Bertz CT molecular complexity index is 186. The van der Waals surface area contributed by atoms with Crippen molar-refractivity contribution in [1.29, 1.82) is 0 Å². The highest BCUT2D eigenvalue weighted by Gasteiger charge is 2.25. The zero-order chi connectivity index (χ0) is 9.84. The second-order valence-electron chi connectivity index (χ2n) is 3.60. The number of hydrogen-bond acceptors (Lipinski definition) is 3. The lowest BCUT2D eigenvalue weighted by atomic mass is 10.2. The second kappa shape index (κ2) is 4.86. The summed E-state index contributed by atoms with van der Waals surface area (Å²) in [6.45, 7) is 5.05. The standard InChI is InChI=1S/C9H18N2OS/c1-7(10-3)4-11-8(2)5-13-6-9(11)12/h7-8,10H,4-6H2,1-3H3. The topological polar surface area (TPSA) is 32.3 Å². The van der Waals surface area contributed by atoms with Crippen LogP contribution in [0.5, 0.6) is 0 Å². The minimum Gasteiger partial charge on any atom is -0.337 e. The summed E-state index contributed by atoms with van der Waals surface area (Å²) in [5, 5.41) is 3.15. The maximum absolute atomic E-state index is 11.5. The van der Waals surface area contributed by atoms with Crippen molar-refractivity contribution >= 4 is 17.7 Å². The predicted molar refractivity (Wildman–Crippen MR) is 57.0 cm³/mol. The van der Waals surface area contributed by atoms with Gasteiger partial charge in [-0.1, -0.05) is 0 Å². The fraction of sp³-hybridized carbons (Fsp3) is 0.889. The molecule has 1 amide bonds. The molecule has 13 heavy (non-hydrogen) atoms. The second-order valence-corrected chi connectivity index (χ2v) is 4.63. The molecule has 0 aromatic heterocycles. The molecule has 0 aromatic carbocycles. The van der Waals surface area contributed by atoms with Crippen LogP contribution in [0.2, 0.25) is 0 Å². The van der Waals surface area contributed by atoms with Crippen molar-refractivity contribution in [3.8, 4) is 0 Å². The van der Waals surface area contributed by atoms with Crippen LogP contribution >= 0.6 is 11.8 Å². The molecule has 0 spiro atoms. The number of thioether (sulfide) groups is 1. The number of rotatable bonds is 3. The molecule has 1 aliphatic rings. The number of amides is 1. The van der Waals surface area contributed by atoms with Crippen molar-refractivity contribution in [2.24, 2.45) is 0 Å². The number of nitrogens with one attached hydrogen (secondary N) is 1. The van der Waals surface area contributed by atoms with Gasteiger partial charge in [-0.05, 0) is 20.9 Å². The van der Waals surface area contributed by atoms with Gasteiger partial charge in [0, 0.05) is 24.4 Å². The van der Waals surface area contributed by atoms with Crippen LogP contribution in [0.15, 0.2) is 0 Å². The average molecular weight is 202 g/mol. The summed E-state index contributed by atoms with van der Waals surface area (Å²) in [5.74, 6) is 2.01. The summed E-state index contributed by atoms with van der Waals surface area (Å²) in [7, 11) is 1.93. The van der Waals surface area contributed by atoms with Crippen molar-refractivity contribution in [1.82, 2.24) is 10.2 Å². The van der Waals surface area contributed by atoms with Gasteiger partial charge in [0.1, 0.15) is 0 Å². The van der Waals surface area contributed by atoms with Gasteiger partial charge in [-0.15, -0.1) is 11.8 Å². The van der Waals surface area contributed by atoms with E-state index in [1.54, 1.807) is 11.8 Å². The summed E-state index contributed by atoms with van der Waals surface area (Å²) >= 11 is 1.74. The van der Waals surface area contributed by atoms with Gasteiger partial charge in [0.2, 0.25) is 5.91 Å². The van der Waals surface area contributed by atoms with Crippen molar-refractivity contribution in [2.75, 3.05) is 25.1 Å². The van der Waals surface area contributed by atoms with E-state index in [2.05, 4.69) is 19.2 Å². The molecule has 1 heterocycles. The van der Waals surface area contributed by atoms with Crippen molar-refractivity contribution in [3.63, 3.8) is 0 Å². The molecule has 1 saturated heterocycles. The van der Waals surface area contributed by atoms with E-state index in [0.29, 0.717) is 17.8 Å². The molecule has 76 valence electrons. The Morgan fingerprint density at radius 1 is 1.77 bits per heavy atom. The largest absolute Gasteiger partial charge is 0.337 e. The minimum atomic E-state index is 0.283. The SMILES string of the molecule is CNC(C)CN1C(=O)CSCC1C. The van der Waals surface area contributed by atoms with Gasteiger partial charge in [-0.2, -0.15) is 0 Å². The molecule has 3 nitrogen and oxygen atoms in total. The van der Waals surface area contributed by atoms with Crippen molar-refractivity contribution < 1.29 is 4.79 Å². The van der Waals surface area contributed by atoms with E-state index >= 15 is 0 Å². The van der Waals surface area contributed by atoms with E-state index in [0.717, 1.165) is 12.3 Å². The maximum Gasteiger partial charge on any atom is 0.232 e. The predicted octanol–water partition coefficient (Wildman–Crippen LogP) is 0.558. The van der Waals surface area contributed by atoms with Crippen LogP contribution in [0.3, 0.4) is 0 Å². The first-order valence-corrected chi connectivity index (χ1v) is 5.85. The summed E-state index contributed by atoms with van der Waals surface area (Å²) in [5.41, 5.74) is 0. The molecular formula is C9H18N2OS. The minimum absolute atomic E-state index is 0.283. The summed E-state index contributed by atoms with van der Waals surface area (Å²) < 4.78 is 0. The van der Waals surface area contributed by atoms with E-state index in [1.807, 2.05) is 11.9 Å². The first kappa shape index (κ1) is 10.9. The number of likely N-dealkylation sites (N-methyl/N-ethyl adjacent to an activating group) is 1. The van der Waals surface area contributed by atoms with Crippen LogP contribution in [0, 0.1) is 0 Å². The Kier molecular flexibility index (Phi) is 4.06. The van der Waals surface area contributed by atoms with Gasteiger partial charge < -0.3 is 10.2 Å². The van der Waals surface area contributed by atoms with E-state index in [4.69, 9.17) is 0 Å². The molecular weight excluding hydrogens is 184 g/mol. The smallest absolute Gasteiger partial charge is 0.232 e. The van der Waals surface area contributed by atoms with Crippen LogP contribution in [0.1, 0.15) is 13.8 Å². The molecule has 1 aliphatic heterocycles. The Morgan fingerprint density at radius 3 is 3.00 bits per heavy atom. The molecule has 4 heteroatoms. The highest BCUT2D eigenvalue weighted by atomic mass is 32.2. The molecule has 1 N–H and O–H groups in total. The van der Waals surface area contributed by atoms with E-state index in [-0.39, 0.29) is 5.91 Å². The molecule has 0 radical (unpaired) electrons. The third kappa shape index (κ3) is 2.88. The Labute approximate surface area is 84.2 Å². The lowest BCUT2D eigenvalue weighted by Gasteiger charge is -2.34. The van der Waals surface area contributed by atoms with Gasteiger partial charge >= 0.3 is 0 Å². The van der Waals surface area contributed by atoms with Crippen molar-refractivity contribution in [2.45, 2.75) is 25.9 Å². The van der Waals surface area contributed by atoms with Gasteiger partial charge in [-0.3, -0.25) is 4.79 Å².